The third kappa shape index (κ3) is 4.94. The van der Waals surface area contributed by atoms with Crippen LogP contribution in [0.15, 0.2) is 36.8 Å². The van der Waals surface area contributed by atoms with Crippen molar-refractivity contribution in [2.24, 2.45) is 7.05 Å². The average molecular weight is 396 g/mol. The predicted molar refractivity (Wildman–Crippen MR) is 117 cm³/mol. The van der Waals surface area contributed by atoms with Crippen LogP contribution in [0.3, 0.4) is 0 Å². The number of methoxy groups -OCH3 is 1. The zero-order valence-electron chi connectivity index (χ0n) is 17.5. The van der Waals surface area contributed by atoms with Crippen molar-refractivity contribution in [2.45, 2.75) is 0 Å². The Kier molecular flexibility index (Phi) is 6.18. The largest absolute Gasteiger partial charge is 0.494 e. The van der Waals surface area contributed by atoms with Gasteiger partial charge in [-0.1, -0.05) is 0 Å². The molecule has 154 valence electrons. The van der Waals surface area contributed by atoms with Crippen molar-refractivity contribution in [3.8, 4) is 17.0 Å². The van der Waals surface area contributed by atoms with Crippen molar-refractivity contribution in [3.63, 3.8) is 0 Å². The highest BCUT2D eigenvalue weighted by atomic mass is 16.5. The molecule has 0 fully saturated rings. The number of hydrogen-bond acceptors (Lipinski definition) is 8. The van der Waals surface area contributed by atoms with E-state index in [1.165, 1.54) is 0 Å². The first kappa shape index (κ1) is 20.4. The molecule has 3 N–H and O–H groups in total. The number of ether oxygens (including phenoxy) is 1. The Balaban J connectivity index is 1.85. The number of aryl methyl sites for hydroxylation is 1. The minimum absolute atomic E-state index is 0.456. The zero-order valence-corrected chi connectivity index (χ0v) is 17.5. The Hall–Kier alpha value is -3.33. The Labute approximate surface area is 171 Å². The summed E-state index contributed by atoms with van der Waals surface area (Å²) in [4.78, 5) is 13.1. The number of nitrogens with one attached hydrogen (secondary N) is 1. The molecule has 0 bridgehead atoms. The molecule has 0 atom stereocenters. The lowest BCUT2D eigenvalue weighted by atomic mass is 10.2. The van der Waals surface area contributed by atoms with Crippen LogP contribution in [0.2, 0.25) is 0 Å². The second kappa shape index (κ2) is 8.78. The summed E-state index contributed by atoms with van der Waals surface area (Å²) in [5.74, 6) is 1.12. The minimum atomic E-state index is 0.456. The number of nitrogens with two attached hydrogens (primary N) is 1. The molecule has 9 heteroatoms. The van der Waals surface area contributed by atoms with Gasteiger partial charge in [0.15, 0.2) is 0 Å². The van der Waals surface area contributed by atoms with Gasteiger partial charge < -0.3 is 25.6 Å². The average Bonchev–Trinajstić information content (AvgIpc) is 3.13. The molecule has 0 saturated heterocycles. The molecule has 0 radical (unpaired) electrons. The third-order valence-corrected chi connectivity index (χ3v) is 4.55. The van der Waals surface area contributed by atoms with Gasteiger partial charge in [-0.3, -0.25) is 4.68 Å². The summed E-state index contributed by atoms with van der Waals surface area (Å²) in [6.07, 6.45) is 5.38. The van der Waals surface area contributed by atoms with Crippen LogP contribution < -0.4 is 20.7 Å². The van der Waals surface area contributed by atoms with Crippen LogP contribution in [0.1, 0.15) is 0 Å². The number of anilines is 4. The molecule has 0 unspecified atom stereocenters. The molecule has 9 nitrogen and oxygen atoms in total. The van der Waals surface area contributed by atoms with E-state index in [-0.39, 0.29) is 0 Å². The van der Waals surface area contributed by atoms with Crippen molar-refractivity contribution >= 4 is 23.0 Å². The summed E-state index contributed by atoms with van der Waals surface area (Å²) >= 11 is 0. The fraction of sp³-hybridized carbons (Fsp3) is 0.350. The van der Waals surface area contributed by atoms with Crippen LogP contribution >= 0.6 is 0 Å². The van der Waals surface area contributed by atoms with Gasteiger partial charge in [0, 0.05) is 51.2 Å². The van der Waals surface area contributed by atoms with Crippen LogP contribution in [0, 0.1) is 0 Å². The summed E-state index contributed by atoms with van der Waals surface area (Å²) in [5.41, 5.74) is 10.3. The molecule has 0 spiro atoms. The maximum atomic E-state index is 6.33. The fourth-order valence-corrected chi connectivity index (χ4v) is 2.91. The lowest BCUT2D eigenvalue weighted by molar-refractivity contribution is 0.413. The van der Waals surface area contributed by atoms with Crippen LogP contribution in [0.25, 0.3) is 11.3 Å². The van der Waals surface area contributed by atoms with E-state index in [1.807, 2.05) is 52.6 Å². The highest BCUT2D eigenvalue weighted by molar-refractivity contribution is 5.79. The van der Waals surface area contributed by atoms with Gasteiger partial charge in [-0.05, 0) is 26.2 Å². The van der Waals surface area contributed by atoms with Gasteiger partial charge in [0.2, 0.25) is 5.95 Å². The van der Waals surface area contributed by atoms with Gasteiger partial charge in [0.25, 0.3) is 0 Å². The fourth-order valence-electron chi connectivity index (χ4n) is 2.91. The van der Waals surface area contributed by atoms with E-state index in [0.29, 0.717) is 23.1 Å². The van der Waals surface area contributed by atoms with E-state index in [4.69, 9.17) is 10.5 Å². The summed E-state index contributed by atoms with van der Waals surface area (Å²) in [6, 6.07) is 5.62. The van der Waals surface area contributed by atoms with Crippen molar-refractivity contribution in [3.05, 3.63) is 36.8 Å². The maximum Gasteiger partial charge on any atom is 0.227 e. The Bertz CT molecular complexity index is 969. The molecule has 0 amide bonds. The molecule has 0 aliphatic heterocycles. The lowest BCUT2D eigenvalue weighted by Crippen LogP contribution is -2.29. The Morgan fingerprint density at radius 1 is 1.21 bits per heavy atom. The van der Waals surface area contributed by atoms with E-state index in [2.05, 4.69) is 30.2 Å². The molecule has 3 aromatic rings. The zero-order chi connectivity index (χ0) is 21.0. The molecule has 29 heavy (non-hydrogen) atoms. The number of nitrogen functional groups attached to an aromatic ring is 1. The molecular formula is C20H28N8O. The molecule has 0 aliphatic rings. The second-order valence-electron chi connectivity index (χ2n) is 7.13. The first-order valence-corrected chi connectivity index (χ1v) is 9.30. The van der Waals surface area contributed by atoms with E-state index in [9.17, 15) is 0 Å². The van der Waals surface area contributed by atoms with Crippen LogP contribution in [-0.2, 0) is 7.05 Å². The molecule has 2 heterocycles. The lowest BCUT2D eigenvalue weighted by Gasteiger charge is -2.24. The number of benzene rings is 1. The maximum absolute atomic E-state index is 6.33. The smallest absolute Gasteiger partial charge is 0.227 e. The van der Waals surface area contributed by atoms with Crippen molar-refractivity contribution in [2.75, 3.05) is 57.3 Å². The number of aromatic nitrogens is 4. The van der Waals surface area contributed by atoms with Crippen LogP contribution in [0.5, 0.6) is 5.75 Å². The Morgan fingerprint density at radius 3 is 2.66 bits per heavy atom. The first-order valence-electron chi connectivity index (χ1n) is 9.30. The summed E-state index contributed by atoms with van der Waals surface area (Å²) in [6.45, 7) is 1.77. The standard InChI is InChI=1S/C20H28N8O/c1-26(2)8-9-27(3)18-11-19(29-5)17(10-15(18)21)25-20-22-7-6-16(24-20)14-12-23-28(4)13-14/h6-7,10-13H,8-9,21H2,1-5H3,(H,22,24,25). The van der Waals surface area contributed by atoms with Gasteiger partial charge in [0.1, 0.15) is 5.75 Å². The normalized spacial score (nSPS) is 11.0. The van der Waals surface area contributed by atoms with Crippen LogP contribution in [0.4, 0.5) is 23.0 Å². The number of nitrogens with zero attached hydrogens (tertiary/aromatic N) is 6. The number of rotatable bonds is 8. The van der Waals surface area contributed by atoms with E-state index < -0.39 is 0 Å². The van der Waals surface area contributed by atoms with Gasteiger partial charge in [-0.2, -0.15) is 5.10 Å². The molecule has 2 aromatic heterocycles. The van der Waals surface area contributed by atoms with Crippen LogP contribution in [-0.4, -0.2) is 66.0 Å². The van der Waals surface area contributed by atoms with Gasteiger partial charge in [-0.25, -0.2) is 9.97 Å². The van der Waals surface area contributed by atoms with E-state index >= 15 is 0 Å². The molecule has 0 aliphatic carbocycles. The monoisotopic (exact) mass is 396 g/mol. The second-order valence-corrected chi connectivity index (χ2v) is 7.13. The Morgan fingerprint density at radius 2 is 2.00 bits per heavy atom. The number of hydrogen-bond donors (Lipinski definition) is 2. The molecule has 3 rings (SSSR count). The summed E-state index contributed by atoms with van der Waals surface area (Å²) in [5, 5.41) is 7.41. The molecule has 1 aromatic carbocycles. The topological polar surface area (TPSA) is 97.4 Å². The van der Waals surface area contributed by atoms with Crippen molar-refractivity contribution < 1.29 is 4.74 Å². The highest BCUT2D eigenvalue weighted by Crippen LogP contribution is 2.36. The minimum Gasteiger partial charge on any atom is -0.494 e. The predicted octanol–water partition coefficient (Wildman–Crippen LogP) is 2.21. The van der Waals surface area contributed by atoms with E-state index in [1.54, 1.807) is 24.2 Å². The van der Waals surface area contributed by atoms with Gasteiger partial charge >= 0.3 is 0 Å². The quantitative estimate of drug-likeness (QED) is 0.560. The summed E-state index contributed by atoms with van der Waals surface area (Å²) < 4.78 is 7.32. The molecule has 0 saturated carbocycles. The highest BCUT2D eigenvalue weighted by Gasteiger charge is 2.14. The SMILES string of the molecule is COc1cc(N(C)CCN(C)C)c(N)cc1Nc1nccc(-c2cnn(C)c2)n1. The third-order valence-electron chi connectivity index (χ3n) is 4.55. The molecular weight excluding hydrogens is 368 g/mol. The van der Waals surface area contributed by atoms with Gasteiger partial charge in [0.05, 0.1) is 36.1 Å². The van der Waals surface area contributed by atoms with Crippen molar-refractivity contribution in [1.29, 1.82) is 0 Å². The first-order chi connectivity index (χ1) is 13.9. The van der Waals surface area contributed by atoms with Crippen molar-refractivity contribution in [1.82, 2.24) is 24.6 Å². The number of likely N-dealkylation sites (N-methyl/N-ethyl adjacent to an activating group) is 2. The summed E-state index contributed by atoms with van der Waals surface area (Å²) in [7, 11) is 9.61. The van der Waals surface area contributed by atoms with E-state index in [0.717, 1.165) is 30.0 Å². The van der Waals surface area contributed by atoms with Gasteiger partial charge in [-0.15, -0.1) is 0 Å².